The van der Waals surface area contributed by atoms with Crippen LogP contribution in [-0.4, -0.2) is 6.67 Å². The number of rotatable bonds is 1. The van der Waals surface area contributed by atoms with E-state index in [4.69, 9.17) is 0 Å². The molecule has 0 spiro atoms. The zero-order chi connectivity index (χ0) is 5.82. The molecular weight excluding hydrogens is 103 g/mol. The van der Waals surface area contributed by atoms with Gasteiger partial charge in [-0.15, -0.1) is 0 Å². The van der Waals surface area contributed by atoms with Crippen LogP contribution in [0.15, 0.2) is 24.3 Å². The maximum absolute atomic E-state index is 11.8. The van der Waals surface area contributed by atoms with Crippen LogP contribution in [0.2, 0.25) is 0 Å². The summed E-state index contributed by atoms with van der Waals surface area (Å²) in [7, 11) is 0. The van der Waals surface area contributed by atoms with Crippen molar-refractivity contribution >= 4 is 0 Å². The third-order valence-electron chi connectivity index (χ3n) is 1.27. The molecule has 0 aromatic carbocycles. The number of alkyl halides is 1. The van der Waals surface area contributed by atoms with Crippen molar-refractivity contribution < 1.29 is 4.39 Å². The summed E-state index contributed by atoms with van der Waals surface area (Å²) in [4.78, 5) is 0. The second kappa shape index (κ2) is 2.65. The smallest absolute Gasteiger partial charge is 0.0960 e. The fraction of sp³-hybridized carbons (Fsp3) is 0.429. The molecule has 44 valence electrons. The predicted molar refractivity (Wildman–Crippen MR) is 32.4 cm³/mol. The fourth-order valence-electron chi connectivity index (χ4n) is 0.746. The van der Waals surface area contributed by atoms with Gasteiger partial charge in [0.15, 0.2) is 0 Å². The van der Waals surface area contributed by atoms with Crippen LogP contribution in [0.3, 0.4) is 0 Å². The number of allylic oxidation sites excluding steroid dienone is 4. The molecule has 0 bridgehead atoms. The lowest BCUT2D eigenvalue weighted by Gasteiger charge is -2.05. The van der Waals surface area contributed by atoms with Gasteiger partial charge >= 0.3 is 0 Å². The Hall–Kier alpha value is -0.590. The van der Waals surface area contributed by atoms with Crippen LogP contribution in [0.1, 0.15) is 6.42 Å². The summed E-state index contributed by atoms with van der Waals surface area (Å²) in [5.74, 6) is 0.153. The Kier molecular flexibility index (Phi) is 1.84. The van der Waals surface area contributed by atoms with Crippen molar-refractivity contribution in [3.8, 4) is 0 Å². The second-order valence-electron chi connectivity index (χ2n) is 1.96. The van der Waals surface area contributed by atoms with E-state index in [-0.39, 0.29) is 12.6 Å². The van der Waals surface area contributed by atoms with Crippen molar-refractivity contribution in [2.75, 3.05) is 6.67 Å². The highest BCUT2D eigenvalue weighted by atomic mass is 19.1. The molecule has 0 aromatic heterocycles. The van der Waals surface area contributed by atoms with E-state index in [1.54, 1.807) is 0 Å². The van der Waals surface area contributed by atoms with Crippen molar-refractivity contribution in [3.05, 3.63) is 24.3 Å². The molecule has 0 heterocycles. The van der Waals surface area contributed by atoms with Gasteiger partial charge in [-0.1, -0.05) is 24.3 Å². The molecule has 8 heavy (non-hydrogen) atoms. The molecule has 0 amide bonds. The maximum atomic E-state index is 11.8. The molecule has 0 fully saturated rings. The first kappa shape index (κ1) is 5.54. The summed E-state index contributed by atoms with van der Waals surface area (Å²) < 4.78 is 11.8. The lowest BCUT2D eigenvalue weighted by molar-refractivity contribution is 0.411. The lowest BCUT2D eigenvalue weighted by atomic mass is 10.0. The van der Waals surface area contributed by atoms with Gasteiger partial charge in [0.05, 0.1) is 6.67 Å². The fourth-order valence-corrected chi connectivity index (χ4v) is 0.746. The topological polar surface area (TPSA) is 0 Å². The number of halogens is 1. The Bertz CT molecular complexity index is 114. The summed E-state index contributed by atoms with van der Waals surface area (Å²) in [5.41, 5.74) is 0. The van der Waals surface area contributed by atoms with Gasteiger partial charge in [0, 0.05) is 5.92 Å². The molecule has 1 atom stereocenters. The first-order valence-electron chi connectivity index (χ1n) is 2.83. The molecular formula is C7H9F. The SMILES string of the molecule is FCC1C=CC=CC1. The summed E-state index contributed by atoms with van der Waals surface area (Å²) in [6.45, 7) is -0.221. The number of hydrogen-bond acceptors (Lipinski definition) is 0. The quantitative estimate of drug-likeness (QED) is 0.487. The van der Waals surface area contributed by atoms with E-state index in [1.165, 1.54) is 0 Å². The van der Waals surface area contributed by atoms with E-state index < -0.39 is 0 Å². The molecule has 0 nitrogen and oxygen atoms in total. The molecule has 0 radical (unpaired) electrons. The van der Waals surface area contributed by atoms with Gasteiger partial charge in [0.25, 0.3) is 0 Å². The van der Waals surface area contributed by atoms with Crippen LogP contribution < -0.4 is 0 Å². The van der Waals surface area contributed by atoms with Gasteiger partial charge in [-0.25, -0.2) is 0 Å². The lowest BCUT2D eigenvalue weighted by Crippen LogP contribution is -1.98. The van der Waals surface area contributed by atoms with Crippen molar-refractivity contribution in [2.45, 2.75) is 6.42 Å². The predicted octanol–water partition coefficient (Wildman–Crippen LogP) is 2.09. The normalized spacial score (nSPS) is 26.4. The van der Waals surface area contributed by atoms with Gasteiger partial charge in [0.1, 0.15) is 0 Å². The van der Waals surface area contributed by atoms with Crippen LogP contribution in [-0.2, 0) is 0 Å². The molecule has 0 saturated heterocycles. The Balaban J connectivity index is 2.40. The molecule has 0 aromatic rings. The van der Waals surface area contributed by atoms with Crippen LogP contribution in [0.4, 0.5) is 4.39 Å². The van der Waals surface area contributed by atoms with Gasteiger partial charge in [-0.2, -0.15) is 0 Å². The average molecular weight is 112 g/mol. The Labute approximate surface area is 48.7 Å². The van der Waals surface area contributed by atoms with Gasteiger partial charge in [-0.05, 0) is 6.42 Å². The molecule has 1 aliphatic carbocycles. The monoisotopic (exact) mass is 112 g/mol. The Morgan fingerprint density at radius 2 is 2.38 bits per heavy atom. The van der Waals surface area contributed by atoms with Crippen molar-refractivity contribution in [2.24, 2.45) is 5.92 Å². The van der Waals surface area contributed by atoms with Crippen LogP contribution in [0.25, 0.3) is 0 Å². The minimum atomic E-state index is -0.221. The molecule has 1 aliphatic rings. The third-order valence-corrected chi connectivity index (χ3v) is 1.27. The molecule has 1 heteroatoms. The summed E-state index contributed by atoms with van der Waals surface area (Å²) in [5, 5.41) is 0. The highest BCUT2D eigenvalue weighted by molar-refractivity contribution is 5.10. The highest BCUT2D eigenvalue weighted by Crippen LogP contribution is 2.10. The van der Waals surface area contributed by atoms with Gasteiger partial charge in [-0.3, -0.25) is 4.39 Å². The molecule has 0 saturated carbocycles. The van der Waals surface area contributed by atoms with Gasteiger partial charge < -0.3 is 0 Å². The third kappa shape index (κ3) is 1.19. The first-order valence-corrected chi connectivity index (χ1v) is 2.83. The maximum Gasteiger partial charge on any atom is 0.0960 e. The largest absolute Gasteiger partial charge is 0.250 e. The summed E-state index contributed by atoms with van der Waals surface area (Å²) in [6, 6.07) is 0. The van der Waals surface area contributed by atoms with Crippen molar-refractivity contribution in [1.29, 1.82) is 0 Å². The van der Waals surface area contributed by atoms with E-state index in [1.807, 2.05) is 24.3 Å². The first-order chi connectivity index (χ1) is 3.93. The zero-order valence-corrected chi connectivity index (χ0v) is 4.68. The Morgan fingerprint density at radius 3 is 2.75 bits per heavy atom. The van der Waals surface area contributed by atoms with E-state index in [0.29, 0.717) is 0 Å². The van der Waals surface area contributed by atoms with Crippen molar-refractivity contribution in [1.82, 2.24) is 0 Å². The van der Waals surface area contributed by atoms with E-state index in [0.717, 1.165) is 6.42 Å². The zero-order valence-electron chi connectivity index (χ0n) is 4.68. The molecule has 1 rings (SSSR count). The second-order valence-corrected chi connectivity index (χ2v) is 1.96. The van der Waals surface area contributed by atoms with E-state index >= 15 is 0 Å². The average Bonchev–Trinajstić information content (AvgIpc) is 1.90. The van der Waals surface area contributed by atoms with Crippen LogP contribution >= 0.6 is 0 Å². The summed E-state index contributed by atoms with van der Waals surface area (Å²) in [6.07, 6.45) is 8.61. The molecule has 0 aliphatic heterocycles. The molecule has 1 unspecified atom stereocenters. The van der Waals surface area contributed by atoms with E-state index in [9.17, 15) is 4.39 Å². The van der Waals surface area contributed by atoms with Crippen LogP contribution in [0, 0.1) is 5.92 Å². The minimum Gasteiger partial charge on any atom is -0.250 e. The Morgan fingerprint density at radius 1 is 1.50 bits per heavy atom. The van der Waals surface area contributed by atoms with Gasteiger partial charge in [0.2, 0.25) is 0 Å². The van der Waals surface area contributed by atoms with E-state index in [2.05, 4.69) is 0 Å². The minimum absolute atomic E-state index is 0.153. The summed E-state index contributed by atoms with van der Waals surface area (Å²) >= 11 is 0. The number of hydrogen-bond donors (Lipinski definition) is 0. The standard InChI is InChI=1S/C7H9F/c8-6-7-4-2-1-3-5-7/h1-4,7H,5-6H2. The molecule has 0 N–H and O–H groups in total. The van der Waals surface area contributed by atoms with Crippen LogP contribution in [0.5, 0.6) is 0 Å². The highest BCUT2D eigenvalue weighted by Gasteiger charge is 2.01. The van der Waals surface area contributed by atoms with Crippen molar-refractivity contribution in [3.63, 3.8) is 0 Å².